The van der Waals surface area contributed by atoms with Crippen molar-refractivity contribution >= 4 is 15.9 Å². The molecule has 0 saturated carbocycles. The minimum Gasteiger partial charge on any atom is -0.357 e. The largest absolute Gasteiger partial charge is 0.416 e. The van der Waals surface area contributed by atoms with Gasteiger partial charge in [0, 0.05) is 5.41 Å². The molecular weight excluding hydrogens is 307 g/mol. The van der Waals surface area contributed by atoms with Crippen LogP contribution in [0.1, 0.15) is 18.1 Å². The normalized spacial score (nSPS) is 23.5. The summed E-state index contributed by atoms with van der Waals surface area (Å²) in [6.07, 6.45) is 1.29. The van der Waals surface area contributed by atoms with Crippen molar-refractivity contribution in [2.45, 2.75) is 18.5 Å². The number of allylic oxidation sites excluding steroid dienone is 2. The lowest BCUT2D eigenvalue weighted by molar-refractivity contribution is -0.137. The van der Waals surface area contributed by atoms with E-state index in [1.165, 1.54) is 12.1 Å². The molecule has 96 valence electrons. The maximum atomic E-state index is 12.5. The predicted molar refractivity (Wildman–Crippen MR) is 68.1 cm³/mol. The molecule has 0 radical (unpaired) electrons. The van der Waals surface area contributed by atoms with Crippen molar-refractivity contribution in [3.05, 3.63) is 58.4 Å². The smallest absolute Gasteiger partial charge is 0.357 e. The Morgan fingerprint density at radius 2 is 1.78 bits per heavy atom. The lowest BCUT2D eigenvalue weighted by Crippen LogP contribution is -2.22. The number of benzene rings is 1. The van der Waals surface area contributed by atoms with Crippen LogP contribution in [0, 0.1) is 0 Å². The van der Waals surface area contributed by atoms with Crippen LogP contribution in [-0.2, 0) is 11.6 Å². The monoisotopic (exact) mass is 317 g/mol. The number of hydrogen-bond acceptors (Lipinski definition) is 1. The molecule has 0 fully saturated rings. The van der Waals surface area contributed by atoms with Gasteiger partial charge in [-0.25, -0.2) is 0 Å². The van der Waals surface area contributed by atoms with Crippen molar-refractivity contribution in [2.24, 2.45) is 0 Å². The van der Waals surface area contributed by atoms with Crippen LogP contribution in [0.3, 0.4) is 0 Å². The lowest BCUT2D eigenvalue weighted by Gasteiger charge is -2.26. The number of halogens is 4. The quantitative estimate of drug-likeness (QED) is 0.761. The summed E-state index contributed by atoms with van der Waals surface area (Å²) in [5, 5.41) is 2.96. The van der Waals surface area contributed by atoms with E-state index in [1.807, 2.05) is 19.1 Å². The summed E-state index contributed by atoms with van der Waals surface area (Å²) in [5.74, 6) is 0. The van der Waals surface area contributed by atoms with E-state index >= 15 is 0 Å². The van der Waals surface area contributed by atoms with Crippen LogP contribution in [0.25, 0.3) is 0 Å². The Morgan fingerprint density at radius 1 is 1.17 bits per heavy atom. The average Bonchev–Trinajstić information content (AvgIpc) is 2.28. The van der Waals surface area contributed by atoms with Crippen molar-refractivity contribution in [3.63, 3.8) is 0 Å². The minimum absolute atomic E-state index is 0.409. The molecule has 1 nitrogen and oxygen atoms in total. The van der Waals surface area contributed by atoms with Crippen LogP contribution in [0.2, 0.25) is 0 Å². The van der Waals surface area contributed by atoms with Crippen LogP contribution >= 0.6 is 15.9 Å². The van der Waals surface area contributed by atoms with Crippen molar-refractivity contribution in [2.75, 3.05) is 0 Å². The summed E-state index contributed by atoms with van der Waals surface area (Å²) in [4.78, 5) is 0. The summed E-state index contributed by atoms with van der Waals surface area (Å²) in [6, 6.07) is 5.24. The fourth-order valence-electron chi connectivity index (χ4n) is 1.85. The molecule has 0 bridgehead atoms. The van der Waals surface area contributed by atoms with Crippen LogP contribution in [0.5, 0.6) is 0 Å². The Morgan fingerprint density at radius 3 is 2.28 bits per heavy atom. The fourth-order valence-corrected chi connectivity index (χ4v) is 2.45. The van der Waals surface area contributed by atoms with Gasteiger partial charge in [0.25, 0.3) is 0 Å². The third kappa shape index (κ3) is 2.61. The highest BCUT2D eigenvalue weighted by Crippen LogP contribution is 2.34. The van der Waals surface area contributed by atoms with E-state index in [1.54, 1.807) is 6.20 Å². The average molecular weight is 318 g/mol. The Balaban J connectivity index is 2.35. The zero-order valence-corrected chi connectivity index (χ0v) is 11.1. The van der Waals surface area contributed by atoms with Gasteiger partial charge in [-0.3, -0.25) is 0 Å². The van der Waals surface area contributed by atoms with Crippen molar-refractivity contribution < 1.29 is 13.2 Å². The molecule has 1 heterocycles. The topological polar surface area (TPSA) is 12.0 Å². The number of alkyl halides is 3. The van der Waals surface area contributed by atoms with Crippen molar-refractivity contribution in [1.82, 2.24) is 5.32 Å². The van der Waals surface area contributed by atoms with E-state index < -0.39 is 17.2 Å². The number of nitrogens with one attached hydrogen (secondary N) is 1. The number of rotatable bonds is 1. The van der Waals surface area contributed by atoms with Crippen LogP contribution < -0.4 is 5.32 Å². The molecule has 1 aliphatic heterocycles. The molecule has 0 amide bonds. The van der Waals surface area contributed by atoms with E-state index in [9.17, 15) is 13.2 Å². The third-order valence-corrected chi connectivity index (χ3v) is 3.37. The summed E-state index contributed by atoms with van der Waals surface area (Å²) in [5.41, 5.74) is -0.227. The Hall–Kier alpha value is -1.23. The molecule has 1 aromatic carbocycles. The first-order valence-electron chi connectivity index (χ1n) is 5.32. The van der Waals surface area contributed by atoms with Gasteiger partial charge in [-0.1, -0.05) is 18.2 Å². The SMILES string of the molecule is CC1(c2ccc(C(F)(F)F)cc2)C=CNC(Br)=C1. The number of hydrogen-bond donors (Lipinski definition) is 1. The van der Waals surface area contributed by atoms with E-state index in [2.05, 4.69) is 21.2 Å². The molecule has 5 heteroatoms. The van der Waals surface area contributed by atoms with E-state index in [-0.39, 0.29) is 0 Å². The maximum absolute atomic E-state index is 12.5. The highest BCUT2D eigenvalue weighted by atomic mass is 79.9. The molecule has 18 heavy (non-hydrogen) atoms. The molecule has 1 N–H and O–H groups in total. The van der Waals surface area contributed by atoms with Crippen molar-refractivity contribution in [1.29, 1.82) is 0 Å². The second kappa shape index (κ2) is 4.46. The molecule has 0 aromatic heterocycles. The van der Waals surface area contributed by atoms with Gasteiger partial charge >= 0.3 is 6.18 Å². The summed E-state index contributed by atoms with van der Waals surface area (Å²) < 4.78 is 38.2. The lowest BCUT2D eigenvalue weighted by atomic mass is 9.81. The molecule has 0 spiro atoms. The first-order valence-corrected chi connectivity index (χ1v) is 6.11. The van der Waals surface area contributed by atoms with Gasteiger partial charge in [0.05, 0.1) is 10.2 Å². The Kier molecular flexibility index (Phi) is 3.27. The fraction of sp³-hybridized carbons (Fsp3) is 0.231. The Bertz CT molecular complexity index is 502. The van der Waals surface area contributed by atoms with Gasteiger partial charge in [0.15, 0.2) is 0 Å². The summed E-state index contributed by atoms with van der Waals surface area (Å²) in [7, 11) is 0. The zero-order valence-electron chi connectivity index (χ0n) is 9.55. The third-order valence-electron chi connectivity index (χ3n) is 2.91. The molecule has 2 rings (SSSR count). The standard InChI is InChI=1S/C13H11BrF3N/c1-12(6-7-18-11(14)8-12)9-2-4-10(5-3-9)13(15,16)17/h2-8,18H,1H3. The Labute approximate surface area is 112 Å². The van der Waals surface area contributed by atoms with Gasteiger partial charge in [0.2, 0.25) is 0 Å². The van der Waals surface area contributed by atoms with E-state index in [0.29, 0.717) is 0 Å². The maximum Gasteiger partial charge on any atom is 0.416 e. The van der Waals surface area contributed by atoms with Crippen LogP contribution in [0.4, 0.5) is 13.2 Å². The first-order chi connectivity index (χ1) is 8.31. The first kappa shape index (κ1) is 13.2. The molecule has 1 aliphatic rings. The predicted octanol–water partition coefficient (Wildman–Crippen LogP) is 4.32. The minimum atomic E-state index is -4.29. The molecule has 1 atom stereocenters. The molecular formula is C13H11BrF3N. The summed E-state index contributed by atoms with van der Waals surface area (Å²) >= 11 is 3.33. The molecule has 1 unspecified atom stereocenters. The molecule has 1 aromatic rings. The zero-order chi connectivity index (χ0) is 13.4. The van der Waals surface area contributed by atoms with E-state index in [0.717, 1.165) is 22.3 Å². The second-order valence-electron chi connectivity index (χ2n) is 4.33. The van der Waals surface area contributed by atoms with Gasteiger partial charge < -0.3 is 5.32 Å². The highest BCUT2D eigenvalue weighted by Gasteiger charge is 2.31. The van der Waals surface area contributed by atoms with Gasteiger partial charge in [-0.2, -0.15) is 13.2 Å². The highest BCUT2D eigenvalue weighted by molar-refractivity contribution is 9.11. The van der Waals surface area contributed by atoms with Gasteiger partial charge in [-0.05, 0) is 52.8 Å². The van der Waals surface area contributed by atoms with Gasteiger partial charge in [0.1, 0.15) is 0 Å². The van der Waals surface area contributed by atoms with Gasteiger partial charge in [-0.15, -0.1) is 0 Å². The summed E-state index contributed by atoms with van der Waals surface area (Å²) in [6.45, 7) is 1.94. The second-order valence-corrected chi connectivity index (χ2v) is 5.18. The van der Waals surface area contributed by atoms with Crippen LogP contribution in [-0.4, -0.2) is 0 Å². The van der Waals surface area contributed by atoms with Crippen molar-refractivity contribution in [3.8, 4) is 0 Å². The van der Waals surface area contributed by atoms with Crippen LogP contribution in [0.15, 0.2) is 47.2 Å². The number of dihydropyridines is 1. The van der Waals surface area contributed by atoms with E-state index in [4.69, 9.17) is 0 Å². The molecule has 0 aliphatic carbocycles. The molecule has 0 saturated heterocycles.